The quantitative estimate of drug-likeness (QED) is 0.657. The second kappa shape index (κ2) is 6.11. The number of anilines is 2. The minimum Gasteiger partial charge on any atom is -0.464 e. The van der Waals surface area contributed by atoms with Gasteiger partial charge in [-0.25, -0.2) is 9.18 Å². The minimum atomic E-state index is -0.736. The molecule has 1 saturated carbocycles. The van der Waals surface area contributed by atoms with E-state index in [1.54, 1.807) is 13.0 Å². The zero-order valence-corrected chi connectivity index (χ0v) is 11.7. The fourth-order valence-electron chi connectivity index (χ4n) is 2.71. The van der Waals surface area contributed by atoms with Gasteiger partial charge >= 0.3 is 5.97 Å². The highest BCUT2D eigenvalue weighted by Crippen LogP contribution is 2.34. The van der Waals surface area contributed by atoms with Gasteiger partial charge in [0.2, 0.25) is 0 Å². The van der Waals surface area contributed by atoms with Gasteiger partial charge in [0, 0.05) is 0 Å². The van der Waals surface area contributed by atoms with Crippen LogP contribution in [-0.2, 0) is 9.53 Å². The summed E-state index contributed by atoms with van der Waals surface area (Å²) in [6.07, 6.45) is 4.47. The van der Waals surface area contributed by atoms with E-state index in [0.29, 0.717) is 30.8 Å². The van der Waals surface area contributed by atoms with Crippen LogP contribution in [0.25, 0.3) is 0 Å². The van der Waals surface area contributed by atoms with Crippen molar-refractivity contribution in [3.8, 4) is 0 Å². The third-order valence-electron chi connectivity index (χ3n) is 3.76. The lowest BCUT2D eigenvalue weighted by Crippen LogP contribution is -2.49. The van der Waals surface area contributed by atoms with Gasteiger partial charge in [-0.15, -0.1) is 0 Å². The lowest BCUT2D eigenvalue weighted by Gasteiger charge is -2.36. The van der Waals surface area contributed by atoms with Gasteiger partial charge in [0.15, 0.2) is 0 Å². The van der Waals surface area contributed by atoms with Gasteiger partial charge in [0.05, 0.1) is 18.0 Å². The predicted molar refractivity (Wildman–Crippen MR) is 76.9 cm³/mol. The van der Waals surface area contributed by atoms with E-state index < -0.39 is 5.54 Å². The molecule has 2 rings (SSSR count). The molecule has 1 aromatic carbocycles. The third-order valence-corrected chi connectivity index (χ3v) is 3.76. The number of benzene rings is 1. The molecule has 20 heavy (non-hydrogen) atoms. The Morgan fingerprint density at radius 1 is 1.40 bits per heavy atom. The molecule has 1 aliphatic rings. The highest BCUT2D eigenvalue weighted by molar-refractivity contribution is 5.86. The number of nitrogens with one attached hydrogen (secondary N) is 1. The molecule has 0 aromatic heterocycles. The second-order valence-electron chi connectivity index (χ2n) is 5.22. The molecule has 0 heterocycles. The number of carbonyl (C=O) groups is 1. The zero-order chi connectivity index (χ0) is 14.6. The van der Waals surface area contributed by atoms with Crippen LogP contribution in [0.15, 0.2) is 18.2 Å². The Morgan fingerprint density at radius 3 is 2.70 bits per heavy atom. The van der Waals surface area contributed by atoms with Crippen LogP contribution in [0, 0.1) is 5.82 Å². The Kier molecular flexibility index (Phi) is 4.47. The number of rotatable bonds is 4. The number of carbonyl (C=O) groups excluding carboxylic acids is 1. The molecule has 5 heteroatoms. The van der Waals surface area contributed by atoms with E-state index in [-0.39, 0.29) is 11.8 Å². The summed E-state index contributed by atoms with van der Waals surface area (Å²) in [4.78, 5) is 12.3. The number of nitrogen functional groups attached to an aromatic ring is 1. The summed E-state index contributed by atoms with van der Waals surface area (Å²) in [5, 5.41) is 3.21. The molecule has 0 aliphatic heterocycles. The molecule has 0 saturated heterocycles. The molecule has 1 fully saturated rings. The molecule has 1 aliphatic carbocycles. The maximum absolute atomic E-state index is 13.1. The molecule has 0 amide bonds. The average Bonchev–Trinajstić information content (AvgIpc) is 2.43. The van der Waals surface area contributed by atoms with E-state index in [1.807, 2.05) is 0 Å². The molecule has 110 valence electrons. The topological polar surface area (TPSA) is 64.3 Å². The molecular formula is C15H21FN2O2. The van der Waals surface area contributed by atoms with Crippen LogP contribution >= 0.6 is 0 Å². The molecular weight excluding hydrogens is 259 g/mol. The summed E-state index contributed by atoms with van der Waals surface area (Å²) >= 11 is 0. The first-order chi connectivity index (χ1) is 9.57. The van der Waals surface area contributed by atoms with Gasteiger partial charge in [0.25, 0.3) is 0 Å². The highest BCUT2D eigenvalue weighted by atomic mass is 19.1. The van der Waals surface area contributed by atoms with Gasteiger partial charge in [-0.05, 0) is 38.0 Å². The number of hydrogen-bond acceptors (Lipinski definition) is 4. The molecule has 0 unspecified atom stereocenters. The van der Waals surface area contributed by atoms with Crippen molar-refractivity contribution in [2.45, 2.75) is 44.6 Å². The lowest BCUT2D eigenvalue weighted by atomic mass is 9.81. The largest absolute Gasteiger partial charge is 0.464 e. The van der Waals surface area contributed by atoms with Crippen molar-refractivity contribution in [1.82, 2.24) is 0 Å². The number of nitrogens with two attached hydrogens (primary N) is 1. The average molecular weight is 280 g/mol. The molecule has 0 spiro atoms. The second-order valence-corrected chi connectivity index (χ2v) is 5.22. The SMILES string of the molecule is CCOC(=O)C1(Nc2ccc(F)cc2N)CCCCC1. The normalized spacial score (nSPS) is 17.5. The van der Waals surface area contributed by atoms with Crippen LogP contribution < -0.4 is 11.1 Å². The van der Waals surface area contributed by atoms with Crippen molar-refractivity contribution in [3.63, 3.8) is 0 Å². The molecule has 0 atom stereocenters. The molecule has 1 aromatic rings. The van der Waals surface area contributed by atoms with Crippen LogP contribution in [0.4, 0.5) is 15.8 Å². The molecule has 0 bridgehead atoms. The highest BCUT2D eigenvalue weighted by Gasteiger charge is 2.41. The Morgan fingerprint density at radius 2 is 2.10 bits per heavy atom. The van der Waals surface area contributed by atoms with E-state index in [4.69, 9.17) is 10.5 Å². The van der Waals surface area contributed by atoms with Gasteiger partial charge in [-0.3, -0.25) is 0 Å². The summed E-state index contributed by atoms with van der Waals surface area (Å²) in [5.41, 5.74) is 5.97. The molecule has 3 N–H and O–H groups in total. The van der Waals surface area contributed by atoms with Gasteiger partial charge in [-0.2, -0.15) is 0 Å². The van der Waals surface area contributed by atoms with E-state index in [0.717, 1.165) is 19.3 Å². The summed E-state index contributed by atoms with van der Waals surface area (Å²) < 4.78 is 18.3. The van der Waals surface area contributed by atoms with Crippen molar-refractivity contribution in [1.29, 1.82) is 0 Å². The maximum atomic E-state index is 13.1. The number of hydrogen-bond donors (Lipinski definition) is 2. The number of halogens is 1. The maximum Gasteiger partial charge on any atom is 0.331 e. The number of ether oxygens (including phenoxy) is 1. The van der Waals surface area contributed by atoms with Crippen molar-refractivity contribution >= 4 is 17.3 Å². The predicted octanol–water partition coefficient (Wildman–Crippen LogP) is 3.09. The smallest absolute Gasteiger partial charge is 0.331 e. The summed E-state index contributed by atoms with van der Waals surface area (Å²) in [6.45, 7) is 2.14. The van der Waals surface area contributed by atoms with E-state index in [9.17, 15) is 9.18 Å². The van der Waals surface area contributed by atoms with Gasteiger partial charge in [-0.1, -0.05) is 19.3 Å². The fourth-order valence-corrected chi connectivity index (χ4v) is 2.71. The summed E-state index contributed by atoms with van der Waals surface area (Å²) in [7, 11) is 0. The van der Waals surface area contributed by atoms with E-state index in [2.05, 4.69) is 5.32 Å². The lowest BCUT2D eigenvalue weighted by molar-refractivity contribution is -0.149. The third kappa shape index (κ3) is 3.03. The first kappa shape index (κ1) is 14.6. The van der Waals surface area contributed by atoms with E-state index in [1.165, 1.54) is 12.1 Å². The van der Waals surface area contributed by atoms with Crippen LogP contribution in [0.3, 0.4) is 0 Å². The number of esters is 1. The Hall–Kier alpha value is -1.78. The standard InChI is InChI=1S/C15H21FN2O2/c1-2-20-14(19)15(8-4-3-5-9-15)18-13-7-6-11(16)10-12(13)17/h6-7,10,18H,2-5,8-9,17H2,1H3. The molecule has 4 nitrogen and oxygen atoms in total. The van der Waals surface area contributed by atoms with Crippen LogP contribution in [0.2, 0.25) is 0 Å². The Labute approximate surface area is 118 Å². The van der Waals surface area contributed by atoms with Crippen molar-refractivity contribution in [2.75, 3.05) is 17.7 Å². The summed E-state index contributed by atoms with van der Waals surface area (Å²) in [5.74, 6) is -0.634. The van der Waals surface area contributed by atoms with Crippen molar-refractivity contribution in [2.24, 2.45) is 0 Å². The van der Waals surface area contributed by atoms with Crippen molar-refractivity contribution in [3.05, 3.63) is 24.0 Å². The summed E-state index contributed by atoms with van der Waals surface area (Å²) in [6, 6.07) is 4.16. The monoisotopic (exact) mass is 280 g/mol. The van der Waals surface area contributed by atoms with E-state index >= 15 is 0 Å². The van der Waals surface area contributed by atoms with Crippen LogP contribution in [-0.4, -0.2) is 18.1 Å². The first-order valence-corrected chi connectivity index (χ1v) is 7.08. The van der Waals surface area contributed by atoms with Gasteiger partial charge in [0.1, 0.15) is 11.4 Å². The van der Waals surface area contributed by atoms with Crippen LogP contribution in [0.5, 0.6) is 0 Å². The van der Waals surface area contributed by atoms with Gasteiger partial charge < -0.3 is 15.8 Å². The zero-order valence-electron chi connectivity index (χ0n) is 11.7. The first-order valence-electron chi connectivity index (χ1n) is 7.08. The minimum absolute atomic E-state index is 0.247. The van der Waals surface area contributed by atoms with Crippen molar-refractivity contribution < 1.29 is 13.9 Å². The van der Waals surface area contributed by atoms with Crippen LogP contribution in [0.1, 0.15) is 39.0 Å². The Balaban J connectivity index is 2.25. The fraction of sp³-hybridized carbons (Fsp3) is 0.533. The Bertz CT molecular complexity index is 485. The molecule has 0 radical (unpaired) electrons.